The standard InChI is InChI=1S/C15H22N2O3/c1-11(16)7-8-15(18)17(2)9-12-10-19-13-5-3-4-6-14(13)20-12/h3-6,11-12H,7-10,16H2,1-2H3. The molecule has 20 heavy (non-hydrogen) atoms. The maximum Gasteiger partial charge on any atom is 0.222 e. The Labute approximate surface area is 119 Å². The minimum atomic E-state index is -0.130. The van der Waals surface area contributed by atoms with Gasteiger partial charge in [0.25, 0.3) is 0 Å². The maximum absolute atomic E-state index is 11.9. The van der Waals surface area contributed by atoms with Gasteiger partial charge in [-0.15, -0.1) is 0 Å². The highest BCUT2D eigenvalue weighted by atomic mass is 16.6. The van der Waals surface area contributed by atoms with E-state index < -0.39 is 0 Å². The van der Waals surface area contributed by atoms with E-state index in [1.54, 1.807) is 11.9 Å². The molecule has 2 rings (SSSR count). The van der Waals surface area contributed by atoms with E-state index in [2.05, 4.69) is 0 Å². The molecule has 1 aromatic rings. The van der Waals surface area contributed by atoms with Crippen molar-refractivity contribution in [3.63, 3.8) is 0 Å². The second kappa shape index (κ2) is 6.61. The summed E-state index contributed by atoms with van der Waals surface area (Å²) in [6, 6.07) is 7.62. The highest BCUT2D eigenvalue weighted by molar-refractivity contribution is 5.75. The molecule has 2 N–H and O–H groups in total. The molecule has 0 fully saturated rings. The van der Waals surface area contributed by atoms with E-state index in [1.807, 2.05) is 31.2 Å². The molecule has 1 heterocycles. The summed E-state index contributed by atoms with van der Waals surface area (Å²) in [4.78, 5) is 13.6. The smallest absolute Gasteiger partial charge is 0.222 e. The van der Waals surface area contributed by atoms with E-state index in [0.29, 0.717) is 26.0 Å². The predicted octanol–water partition coefficient (Wildman–Crippen LogP) is 1.41. The van der Waals surface area contributed by atoms with Crippen LogP contribution in [0.5, 0.6) is 11.5 Å². The Morgan fingerprint density at radius 3 is 2.85 bits per heavy atom. The molecule has 5 nitrogen and oxygen atoms in total. The molecule has 1 amide bonds. The fourth-order valence-electron chi connectivity index (χ4n) is 2.10. The lowest BCUT2D eigenvalue weighted by atomic mass is 10.2. The van der Waals surface area contributed by atoms with Crippen molar-refractivity contribution >= 4 is 5.91 Å². The topological polar surface area (TPSA) is 64.8 Å². The Kier molecular flexibility index (Phi) is 4.84. The van der Waals surface area contributed by atoms with Gasteiger partial charge in [-0.3, -0.25) is 4.79 Å². The highest BCUT2D eigenvalue weighted by Crippen LogP contribution is 2.30. The number of rotatable bonds is 5. The molecular formula is C15H22N2O3. The molecule has 0 bridgehead atoms. The summed E-state index contributed by atoms with van der Waals surface area (Å²) >= 11 is 0. The third-order valence-corrected chi connectivity index (χ3v) is 3.28. The largest absolute Gasteiger partial charge is 0.486 e. The third kappa shape index (κ3) is 3.87. The normalized spacial score (nSPS) is 18.4. The average Bonchev–Trinajstić information content (AvgIpc) is 2.44. The van der Waals surface area contributed by atoms with Crippen molar-refractivity contribution in [1.29, 1.82) is 0 Å². The number of likely N-dealkylation sites (N-methyl/N-ethyl adjacent to an activating group) is 1. The number of para-hydroxylation sites is 2. The van der Waals surface area contributed by atoms with Crippen molar-refractivity contribution in [2.75, 3.05) is 20.2 Å². The number of nitrogens with zero attached hydrogens (tertiary/aromatic N) is 1. The highest BCUT2D eigenvalue weighted by Gasteiger charge is 2.23. The summed E-state index contributed by atoms with van der Waals surface area (Å²) in [5.74, 6) is 1.58. The zero-order valence-corrected chi connectivity index (χ0v) is 12.0. The van der Waals surface area contributed by atoms with Crippen molar-refractivity contribution in [3.8, 4) is 11.5 Å². The predicted molar refractivity (Wildman–Crippen MR) is 76.9 cm³/mol. The fraction of sp³-hybridized carbons (Fsp3) is 0.533. The van der Waals surface area contributed by atoms with Crippen LogP contribution in [0.15, 0.2) is 24.3 Å². The van der Waals surface area contributed by atoms with Crippen molar-refractivity contribution in [3.05, 3.63) is 24.3 Å². The summed E-state index contributed by atoms with van der Waals surface area (Å²) in [6.45, 7) is 2.89. The molecule has 2 unspecified atom stereocenters. The van der Waals surface area contributed by atoms with E-state index in [1.165, 1.54) is 0 Å². The van der Waals surface area contributed by atoms with Crippen LogP contribution in [0.25, 0.3) is 0 Å². The van der Waals surface area contributed by atoms with Crippen LogP contribution in [-0.4, -0.2) is 43.2 Å². The number of hydrogen-bond acceptors (Lipinski definition) is 4. The number of ether oxygens (including phenoxy) is 2. The van der Waals surface area contributed by atoms with Crippen molar-refractivity contribution in [1.82, 2.24) is 4.90 Å². The first kappa shape index (κ1) is 14.7. The van der Waals surface area contributed by atoms with Gasteiger partial charge in [0.2, 0.25) is 5.91 Å². The van der Waals surface area contributed by atoms with Gasteiger partial charge >= 0.3 is 0 Å². The van der Waals surface area contributed by atoms with Crippen LogP contribution in [0.3, 0.4) is 0 Å². The van der Waals surface area contributed by atoms with Crippen molar-refractivity contribution < 1.29 is 14.3 Å². The summed E-state index contributed by atoms with van der Waals surface area (Å²) in [5, 5.41) is 0. The van der Waals surface area contributed by atoms with E-state index in [9.17, 15) is 4.79 Å². The number of hydrogen-bond donors (Lipinski definition) is 1. The Bertz CT molecular complexity index is 462. The number of nitrogens with two attached hydrogens (primary N) is 1. The summed E-state index contributed by atoms with van der Waals surface area (Å²) < 4.78 is 11.5. The first-order chi connectivity index (χ1) is 9.56. The lowest BCUT2D eigenvalue weighted by Gasteiger charge is -2.29. The molecule has 0 spiro atoms. The lowest BCUT2D eigenvalue weighted by Crippen LogP contribution is -2.42. The maximum atomic E-state index is 11.9. The van der Waals surface area contributed by atoms with Gasteiger partial charge < -0.3 is 20.1 Å². The zero-order valence-electron chi connectivity index (χ0n) is 12.0. The molecule has 1 aromatic carbocycles. The Morgan fingerprint density at radius 2 is 2.15 bits per heavy atom. The zero-order chi connectivity index (χ0) is 14.5. The monoisotopic (exact) mass is 278 g/mol. The minimum Gasteiger partial charge on any atom is -0.486 e. The first-order valence-electron chi connectivity index (χ1n) is 6.94. The van der Waals surface area contributed by atoms with Crippen LogP contribution in [0, 0.1) is 0 Å². The van der Waals surface area contributed by atoms with Crippen LogP contribution in [0.2, 0.25) is 0 Å². The van der Waals surface area contributed by atoms with E-state index in [4.69, 9.17) is 15.2 Å². The van der Waals surface area contributed by atoms with E-state index >= 15 is 0 Å². The number of amides is 1. The molecule has 0 saturated heterocycles. The molecular weight excluding hydrogens is 256 g/mol. The van der Waals surface area contributed by atoms with Crippen LogP contribution in [-0.2, 0) is 4.79 Å². The number of fused-ring (bicyclic) bond motifs is 1. The van der Waals surface area contributed by atoms with Crippen LogP contribution < -0.4 is 15.2 Å². The fourth-order valence-corrected chi connectivity index (χ4v) is 2.10. The summed E-state index contributed by atoms with van der Waals surface area (Å²) in [5.41, 5.74) is 5.66. The van der Waals surface area contributed by atoms with Crippen LogP contribution >= 0.6 is 0 Å². The van der Waals surface area contributed by atoms with E-state index in [-0.39, 0.29) is 18.1 Å². The van der Waals surface area contributed by atoms with Gasteiger partial charge in [0.1, 0.15) is 6.61 Å². The molecule has 5 heteroatoms. The number of carbonyl (C=O) groups is 1. The molecule has 110 valence electrons. The minimum absolute atomic E-state index is 0.0495. The van der Waals surface area contributed by atoms with Crippen LogP contribution in [0.4, 0.5) is 0 Å². The molecule has 2 atom stereocenters. The van der Waals surface area contributed by atoms with Gasteiger partial charge in [0.05, 0.1) is 6.54 Å². The van der Waals surface area contributed by atoms with Gasteiger partial charge in [-0.25, -0.2) is 0 Å². The van der Waals surface area contributed by atoms with E-state index in [0.717, 1.165) is 11.5 Å². The molecule has 0 aliphatic carbocycles. The van der Waals surface area contributed by atoms with Crippen molar-refractivity contribution in [2.24, 2.45) is 5.73 Å². The number of carbonyl (C=O) groups excluding carboxylic acids is 1. The van der Waals surface area contributed by atoms with Gasteiger partial charge in [0.15, 0.2) is 17.6 Å². The number of benzene rings is 1. The van der Waals surface area contributed by atoms with Crippen LogP contribution in [0.1, 0.15) is 19.8 Å². The lowest BCUT2D eigenvalue weighted by molar-refractivity contribution is -0.131. The van der Waals surface area contributed by atoms with Gasteiger partial charge in [-0.2, -0.15) is 0 Å². The average molecular weight is 278 g/mol. The SMILES string of the molecule is CC(N)CCC(=O)N(C)CC1COc2ccccc2O1. The van der Waals surface area contributed by atoms with Gasteiger partial charge in [-0.05, 0) is 25.5 Å². The Morgan fingerprint density at radius 1 is 1.45 bits per heavy atom. The second-order valence-electron chi connectivity index (χ2n) is 5.29. The molecule has 0 radical (unpaired) electrons. The van der Waals surface area contributed by atoms with Gasteiger partial charge in [0, 0.05) is 19.5 Å². The third-order valence-electron chi connectivity index (χ3n) is 3.28. The van der Waals surface area contributed by atoms with Crippen molar-refractivity contribution in [2.45, 2.75) is 31.9 Å². The summed E-state index contributed by atoms with van der Waals surface area (Å²) in [6.07, 6.45) is 1.04. The summed E-state index contributed by atoms with van der Waals surface area (Å²) in [7, 11) is 1.79. The molecule has 1 aliphatic rings. The van der Waals surface area contributed by atoms with Gasteiger partial charge in [-0.1, -0.05) is 12.1 Å². The Hall–Kier alpha value is -1.75. The molecule has 0 aromatic heterocycles. The Balaban J connectivity index is 1.84. The second-order valence-corrected chi connectivity index (χ2v) is 5.29. The quantitative estimate of drug-likeness (QED) is 0.884. The molecule has 1 aliphatic heterocycles. The molecule has 0 saturated carbocycles. The first-order valence-corrected chi connectivity index (χ1v) is 6.94.